The summed E-state index contributed by atoms with van der Waals surface area (Å²) in [4.78, 5) is 13.5. The molecule has 0 amide bonds. The van der Waals surface area contributed by atoms with Crippen molar-refractivity contribution < 1.29 is 9.90 Å². The monoisotopic (exact) mass is 227 g/mol. The van der Waals surface area contributed by atoms with Crippen LogP contribution in [0.1, 0.15) is 46.5 Å². The van der Waals surface area contributed by atoms with Gasteiger partial charge in [-0.15, -0.1) is 0 Å². The van der Waals surface area contributed by atoms with Crippen molar-refractivity contribution in [2.45, 2.75) is 52.5 Å². The first kappa shape index (κ1) is 13.5. The van der Waals surface area contributed by atoms with E-state index in [1.807, 2.05) is 0 Å². The van der Waals surface area contributed by atoms with Gasteiger partial charge >= 0.3 is 5.97 Å². The van der Waals surface area contributed by atoms with Crippen molar-refractivity contribution in [1.82, 2.24) is 4.90 Å². The molecule has 3 nitrogen and oxygen atoms in total. The largest absolute Gasteiger partial charge is 0.481 e. The normalized spacial score (nSPS) is 26.5. The summed E-state index contributed by atoms with van der Waals surface area (Å²) in [6.45, 7) is 8.18. The summed E-state index contributed by atoms with van der Waals surface area (Å²) < 4.78 is 0. The van der Waals surface area contributed by atoms with Gasteiger partial charge in [-0.2, -0.15) is 0 Å². The first-order valence-corrected chi connectivity index (χ1v) is 6.56. The van der Waals surface area contributed by atoms with E-state index in [-0.39, 0.29) is 5.92 Å². The van der Waals surface area contributed by atoms with Crippen LogP contribution in [-0.2, 0) is 4.79 Å². The predicted molar refractivity (Wildman–Crippen MR) is 65.5 cm³/mol. The zero-order valence-electron chi connectivity index (χ0n) is 10.8. The summed E-state index contributed by atoms with van der Waals surface area (Å²) >= 11 is 0. The van der Waals surface area contributed by atoms with Crippen LogP contribution < -0.4 is 0 Å². The average Bonchev–Trinajstić information content (AvgIpc) is 2.60. The molecule has 0 aliphatic carbocycles. The second-order valence-electron chi connectivity index (χ2n) is 5.11. The quantitative estimate of drug-likeness (QED) is 0.758. The number of carboxylic acid groups (broad SMARTS) is 1. The van der Waals surface area contributed by atoms with Crippen LogP contribution in [0.2, 0.25) is 0 Å². The second-order valence-corrected chi connectivity index (χ2v) is 5.11. The summed E-state index contributed by atoms with van der Waals surface area (Å²) in [5.41, 5.74) is 0. The van der Waals surface area contributed by atoms with Gasteiger partial charge in [-0.05, 0) is 18.8 Å². The Morgan fingerprint density at radius 2 is 1.88 bits per heavy atom. The Hall–Kier alpha value is -0.570. The Morgan fingerprint density at radius 3 is 2.25 bits per heavy atom. The molecule has 3 heteroatoms. The number of carbonyl (C=O) groups is 1. The van der Waals surface area contributed by atoms with E-state index in [2.05, 4.69) is 25.7 Å². The lowest BCUT2D eigenvalue weighted by Gasteiger charge is -2.27. The number of hydrogen-bond acceptors (Lipinski definition) is 2. The molecule has 1 rings (SSSR count). The maximum Gasteiger partial charge on any atom is 0.308 e. The molecule has 2 unspecified atom stereocenters. The van der Waals surface area contributed by atoms with Crippen LogP contribution in [0.25, 0.3) is 0 Å². The SMILES string of the molecule is CCCC(CCC)N1CC(C)C(C(=O)O)C1. The number of nitrogens with zero attached hydrogens (tertiary/aromatic N) is 1. The standard InChI is InChI=1S/C13H25NO2/c1-4-6-11(7-5-2)14-8-10(3)12(9-14)13(15)16/h10-12H,4-9H2,1-3H3,(H,15,16). The number of likely N-dealkylation sites (tertiary alicyclic amines) is 1. The molecule has 1 fully saturated rings. The molecule has 2 atom stereocenters. The Morgan fingerprint density at radius 1 is 1.31 bits per heavy atom. The number of rotatable bonds is 6. The average molecular weight is 227 g/mol. The van der Waals surface area contributed by atoms with Crippen LogP contribution in [0.15, 0.2) is 0 Å². The minimum atomic E-state index is -0.623. The molecule has 0 aromatic carbocycles. The summed E-state index contributed by atoms with van der Waals surface area (Å²) in [7, 11) is 0. The molecule has 1 saturated heterocycles. The Bertz CT molecular complexity index is 224. The van der Waals surface area contributed by atoms with Gasteiger partial charge in [-0.3, -0.25) is 9.69 Å². The van der Waals surface area contributed by atoms with Crippen LogP contribution in [0.4, 0.5) is 0 Å². The van der Waals surface area contributed by atoms with Gasteiger partial charge in [0, 0.05) is 19.1 Å². The third-order valence-electron chi connectivity index (χ3n) is 3.72. The molecule has 1 heterocycles. The van der Waals surface area contributed by atoms with E-state index >= 15 is 0 Å². The lowest BCUT2D eigenvalue weighted by Crippen LogP contribution is -2.34. The first-order chi connectivity index (χ1) is 7.60. The molecule has 1 aliphatic rings. The highest BCUT2D eigenvalue weighted by Gasteiger charge is 2.36. The molecule has 0 aromatic rings. The molecular formula is C13H25NO2. The molecule has 0 aromatic heterocycles. The topological polar surface area (TPSA) is 40.5 Å². The van der Waals surface area contributed by atoms with E-state index in [1.54, 1.807) is 0 Å². The van der Waals surface area contributed by atoms with Crippen molar-refractivity contribution >= 4 is 5.97 Å². The van der Waals surface area contributed by atoms with Crippen molar-refractivity contribution in [3.63, 3.8) is 0 Å². The van der Waals surface area contributed by atoms with Gasteiger partial charge < -0.3 is 5.11 Å². The maximum atomic E-state index is 11.1. The van der Waals surface area contributed by atoms with Crippen LogP contribution >= 0.6 is 0 Å². The molecule has 0 radical (unpaired) electrons. The lowest BCUT2D eigenvalue weighted by molar-refractivity contribution is -0.142. The number of hydrogen-bond donors (Lipinski definition) is 1. The third-order valence-corrected chi connectivity index (χ3v) is 3.72. The molecule has 1 aliphatic heterocycles. The van der Waals surface area contributed by atoms with Crippen molar-refractivity contribution in [3.8, 4) is 0 Å². The van der Waals surface area contributed by atoms with Crippen LogP contribution in [0, 0.1) is 11.8 Å². The van der Waals surface area contributed by atoms with Gasteiger partial charge in [0.2, 0.25) is 0 Å². The van der Waals surface area contributed by atoms with E-state index in [1.165, 1.54) is 25.7 Å². The zero-order chi connectivity index (χ0) is 12.1. The molecule has 1 N–H and O–H groups in total. The molecule has 0 saturated carbocycles. The fourth-order valence-corrected chi connectivity index (χ4v) is 2.80. The molecule has 16 heavy (non-hydrogen) atoms. The molecule has 0 bridgehead atoms. The fraction of sp³-hybridized carbons (Fsp3) is 0.923. The Labute approximate surface area is 98.8 Å². The predicted octanol–water partition coefficient (Wildman–Crippen LogP) is 2.61. The van der Waals surface area contributed by atoms with Gasteiger partial charge in [0.1, 0.15) is 0 Å². The first-order valence-electron chi connectivity index (χ1n) is 6.56. The highest BCUT2D eigenvalue weighted by atomic mass is 16.4. The van der Waals surface area contributed by atoms with Gasteiger partial charge in [-0.25, -0.2) is 0 Å². The van der Waals surface area contributed by atoms with Gasteiger partial charge in [0.05, 0.1) is 5.92 Å². The summed E-state index contributed by atoms with van der Waals surface area (Å²) in [6.07, 6.45) is 4.78. The number of aliphatic carboxylic acids is 1. The van der Waals surface area contributed by atoms with Crippen LogP contribution in [0.5, 0.6) is 0 Å². The van der Waals surface area contributed by atoms with Crippen LogP contribution in [-0.4, -0.2) is 35.1 Å². The van der Waals surface area contributed by atoms with Gasteiger partial charge in [0.25, 0.3) is 0 Å². The van der Waals surface area contributed by atoms with Crippen molar-refractivity contribution in [3.05, 3.63) is 0 Å². The second kappa shape index (κ2) is 6.24. The Balaban J connectivity index is 2.56. The number of carboxylic acids is 1. The summed E-state index contributed by atoms with van der Waals surface area (Å²) in [5, 5.41) is 9.12. The van der Waals surface area contributed by atoms with Crippen molar-refractivity contribution in [2.24, 2.45) is 11.8 Å². The van der Waals surface area contributed by atoms with E-state index < -0.39 is 5.97 Å². The fourth-order valence-electron chi connectivity index (χ4n) is 2.80. The minimum absolute atomic E-state index is 0.156. The lowest BCUT2D eigenvalue weighted by atomic mass is 9.99. The highest BCUT2D eigenvalue weighted by Crippen LogP contribution is 2.27. The maximum absolute atomic E-state index is 11.1. The third kappa shape index (κ3) is 3.21. The highest BCUT2D eigenvalue weighted by molar-refractivity contribution is 5.71. The smallest absolute Gasteiger partial charge is 0.308 e. The van der Waals surface area contributed by atoms with Crippen molar-refractivity contribution in [2.75, 3.05) is 13.1 Å². The molecular weight excluding hydrogens is 202 g/mol. The summed E-state index contributed by atoms with van der Waals surface area (Å²) in [6, 6.07) is 0.599. The van der Waals surface area contributed by atoms with Crippen LogP contribution in [0.3, 0.4) is 0 Å². The van der Waals surface area contributed by atoms with E-state index in [4.69, 9.17) is 5.11 Å². The van der Waals surface area contributed by atoms with E-state index in [0.29, 0.717) is 12.0 Å². The van der Waals surface area contributed by atoms with E-state index in [0.717, 1.165) is 13.1 Å². The summed E-state index contributed by atoms with van der Waals surface area (Å²) in [5.74, 6) is -0.480. The molecule has 0 spiro atoms. The van der Waals surface area contributed by atoms with Gasteiger partial charge in [-0.1, -0.05) is 33.6 Å². The Kier molecular flexibility index (Phi) is 5.26. The van der Waals surface area contributed by atoms with E-state index in [9.17, 15) is 4.79 Å². The zero-order valence-corrected chi connectivity index (χ0v) is 10.8. The van der Waals surface area contributed by atoms with Gasteiger partial charge in [0.15, 0.2) is 0 Å². The minimum Gasteiger partial charge on any atom is -0.481 e. The van der Waals surface area contributed by atoms with Crippen molar-refractivity contribution in [1.29, 1.82) is 0 Å². The molecule has 94 valence electrons.